The Kier molecular flexibility index (Phi) is 4.92. The molecule has 0 aliphatic carbocycles. The van der Waals surface area contributed by atoms with Crippen LogP contribution in [-0.2, 0) is 4.74 Å². The highest BCUT2D eigenvalue weighted by Gasteiger charge is 2.36. The van der Waals surface area contributed by atoms with E-state index in [0.29, 0.717) is 23.4 Å². The second kappa shape index (κ2) is 5.80. The number of hydrogen-bond donors (Lipinski definition) is 1. The molecule has 96 valence electrons. The highest BCUT2D eigenvalue weighted by molar-refractivity contribution is 6.31. The molecule has 1 atom stereocenters. The molecule has 0 amide bonds. The average molecular weight is 261 g/mol. The second-order valence-electron chi connectivity index (χ2n) is 4.04. The Balaban J connectivity index is 3.17. The molecule has 0 saturated heterocycles. The van der Waals surface area contributed by atoms with Crippen molar-refractivity contribution >= 4 is 11.6 Å². The lowest BCUT2D eigenvalue weighted by atomic mass is 9.86. The Labute approximate surface area is 106 Å². The fourth-order valence-corrected chi connectivity index (χ4v) is 2.27. The summed E-state index contributed by atoms with van der Waals surface area (Å²) >= 11 is 5.99. The van der Waals surface area contributed by atoms with E-state index in [1.807, 2.05) is 13.8 Å². The van der Waals surface area contributed by atoms with E-state index in [2.05, 4.69) is 0 Å². The molecule has 17 heavy (non-hydrogen) atoms. The standard InChI is InChI=1S/C13H18ClFO2/c1-4-13(5-2,17-3)12(16)10-8-9(15)6-7-11(10)14/h6-8,12,16H,4-5H2,1-3H3. The van der Waals surface area contributed by atoms with Crippen LogP contribution in [0.25, 0.3) is 0 Å². The summed E-state index contributed by atoms with van der Waals surface area (Å²) in [6.45, 7) is 3.84. The lowest BCUT2D eigenvalue weighted by Crippen LogP contribution is -2.37. The van der Waals surface area contributed by atoms with Gasteiger partial charge >= 0.3 is 0 Å². The van der Waals surface area contributed by atoms with Crippen LogP contribution in [0.2, 0.25) is 5.02 Å². The van der Waals surface area contributed by atoms with Crippen molar-refractivity contribution < 1.29 is 14.2 Å². The minimum absolute atomic E-state index is 0.349. The molecule has 0 bridgehead atoms. The van der Waals surface area contributed by atoms with Crippen LogP contribution >= 0.6 is 11.6 Å². The maximum Gasteiger partial charge on any atom is 0.123 e. The number of aliphatic hydroxyl groups excluding tert-OH is 1. The van der Waals surface area contributed by atoms with Crippen molar-refractivity contribution in [1.29, 1.82) is 0 Å². The summed E-state index contributed by atoms with van der Waals surface area (Å²) in [5.41, 5.74) is -0.352. The molecule has 0 spiro atoms. The van der Waals surface area contributed by atoms with Crippen molar-refractivity contribution in [3.63, 3.8) is 0 Å². The summed E-state index contributed by atoms with van der Waals surface area (Å²) in [4.78, 5) is 0. The van der Waals surface area contributed by atoms with E-state index in [1.54, 1.807) is 7.11 Å². The predicted molar refractivity (Wildman–Crippen MR) is 66.7 cm³/mol. The third-order valence-corrected chi connectivity index (χ3v) is 3.70. The lowest BCUT2D eigenvalue weighted by molar-refractivity contribution is -0.109. The Bertz CT molecular complexity index is 369. The number of ether oxygens (including phenoxy) is 1. The molecule has 1 aromatic carbocycles. The SMILES string of the molecule is CCC(CC)(OC)C(O)c1cc(F)ccc1Cl. The molecule has 0 radical (unpaired) electrons. The minimum Gasteiger partial charge on any atom is -0.385 e. The zero-order valence-electron chi connectivity index (χ0n) is 10.3. The van der Waals surface area contributed by atoms with Crippen molar-refractivity contribution in [3.8, 4) is 0 Å². The highest BCUT2D eigenvalue weighted by atomic mass is 35.5. The van der Waals surface area contributed by atoms with Crippen molar-refractivity contribution in [2.45, 2.75) is 38.4 Å². The lowest BCUT2D eigenvalue weighted by Gasteiger charge is -2.35. The Hall–Kier alpha value is -0.640. The summed E-state index contributed by atoms with van der Waals surface area (Å²) in [5.74, 6) is -0.416. The van der Waals surface area contributed by atoms with Crippen LogP contribution in [0.1, 0.15) is 38.4 Å². The molecule has 1 unspecified atom stereocenters. The third kappa shape index (κ3) is 2.79. The summed E-state index contributed by atoms with van der Waals surface area (Å²) in [6.07, 6.45) is 0.299. The van der Waals surface area contributed by atoms with E-state index in [0.717, 1.165) is 0 Å². The van der Waals surface area contributed by atoms with E-state index in [4.69, 9.17) is 16.3 Å². The van der Waals surface area contributed by atoms with E-state index < -0.39 is 17.5 Å². The summed E-state index contributed by atoms with van der Waals surface area (Å²) in [6, 6.07) is 3.97. The number of halogens is 2. The number of benzene rings is 1. The molecule has 0 aliphatic heterocycles. The molecule has 4 heteroatoms. The molecular formula is C13H18ClFO2. The van der Waals surface area contributed by atoms with Crippen LogP contribution in [0.3, 0.4) is 0 Å². The van der Waals surface area contributed by atoms with Gasteiger partial charge in [-0.1, -0.05) is 25.4 Å². The molecule has 0 saturated carbocycles. The van der Waals surface area contributed by atoms with Gasteiger partial charge in [-0.2, -0.15) is 0 Å². The van der Waals surface area contributed by atoms with Gasteiger partial charge in [0.25, 0.3) is 0 Å². The molecular weight excluding hydrogens is 243 g/mol. The summed E-state index contributed by atoms with van der Waals surface area (Å²) in [7, 11) is 1.55. The largest absolute Gasteiger partial charge is 0.385 e. The Morgan fingerprint density at radius 1 is 1.41 bits per heavy atom. The molecule has 1 N–H and O–H groups in total. The fraction of sp³-hybridized carbons (Fsp3) is 0.538. The van der Waals surface area contributed by atoms with Gasteiger partial charge in [-0.25, -0.2) is 4.39 Å². The molecule has 0 aliphatic rings. The van der Waals surface area contributed by atoms with Gasteiger partial charge in [0.15, 0.2) is 0 Å². The molecule has 0 heterocycles. The Morgan fingerprint density at radius 3 is 2.47 bits per heavy atom. The van der Waals surface area contributed by atoms with Gasteiger partial charge in [0.05, 0.1) is 5.60 Å². The first-order valence-corrected chi connectivity index (χ1v) is 6.06. The van der Waals surface area contributed by atoms with Gasteiger partial charge in [0.1, 0.15) is 11.9 Å². The van der Waals surface area contributed by atoms with E-state index >= 15 is 0 Å². The van der Waals surface area contributed by atoms with Crippen molar-refractivity contribution in [1.82, 2.24) is 0 Å². The number of methoxy groups -OCH3 is 1. The van der Waals surface area contributed by atoms with Crippen LogP contribution in [0.15, 0.2) is 18.2 Å². The molecule has 2 nitrogen and oxygen atoms in total. The second-order valence-corrected chi connectivity index (χ2v) is 4.45. The van der Waals surface area contributed by atoms with Gasteiger partial charge in [-0.15, -0.1) is 0 Å². The number of rotatable bonds is 5. The quantitative estimate of drug-likeness (QED) is 0.874. The fourth-order valence-electron chi connectivity index (χ4n) is 2.04. The topological polar surface area (TPSA) is 29.5 Å². The van der Waals surface area contributed by atoms with Crippen LogP contribution in [0.5, 0.6) is 0 Å². The average Bonchev–Trinajstić information content (AvgIpc) is 2.35. The van der Waals surface area contributed by atoms with Crippen molar-refractivity contribution in [2.75, 3.05) is 7.11 Å². The first-order chi connectivity index (χ1) is 8.00. The van der Waals surface area contributed by atoms with Gasteiger partial charge < -0.3 is 9.84 Å². The maximum atomic E-state index is 13.2. The predicted octanol–water partition coefficient (Wildman–Crippen LogP) is 3.72. The van der Waals surface area contributed by atoms with Gasteiger partial charge in [-0.3, -0.25) is 0 Å². The Morgan fingerprint density at radius 2 is 2.00 bits per heavy atom. The van der Waals surface area contributed by atoms with E-state index in [1.165, 1.54) is 18.2 Å². The van der Waals surface area contributed by atoms with Crippen LogP contribution in [-0.4, -0.2) is 17.8 Å². The number of aliphatic hydroxyl groups is 1. The smallest absolute Gasteiger partial charge is 0.123 e. The van der Waals surface area contributed by atoms with Gasteiger partial charge in [0.2, 0.25) is 0 Å². The summed E-state index contributed by atoms with van der Waals surface area (Å²) < 4.78 is 18.6. The van der Waals surface area contributed by atoms with Crippen molar-refractivity contribution in [2.24, 2.45) is 0 Å². The zero-order chi connectivity index (χ0) is 13.1. The highest BCUT2D eigenvalue weighted by Crippen LogP contribution is 2.37. The summed E-state index contributed by atoms with van der Waals surface area (Å²) in [5, 5.41) is 10.7. The molecule has 0 fully saturated rings. The third-order valence-electron chi connectivity index (χ3n) is 3.35. The molecule has 1 rings (SSSR count). The van der Waals surface area contributed by atoms with Gasteiger partial charge in [-0.05, 0) is 31.0 Å². The van der Waals surface area contributed by atoms with Crippen molar-refractivity contribution in [3.05, 3.63) is 34.6 Å². The number of hydrogen-bond acceptors (Lipinski definition) is 2. The monoisotopic (exact) mass is 260 g/mol. The van der Waals surface area contributed by atoms with Crippen LogP contribution in [0, 0.1) is 5.82 Å². The van der Waals surface area contributed by atoms with E-state index in [9.17, 15) is 9.50 Å². The maximum absolute atomic E-state index is 13.2. The first kappa shape index (κ1) is 14.4. The molecule has 0 aromatic heterocycles. The minimum atomic E-state index is -0.939. The first-order valence-electron chi connectivity index (χ1n) is 5.69. The normalized spacial score (nSPS) is 13.8. The zero-order valence-corrected chi connectivity index (χ0v) is 11.1. The molecule has 1 aromatic rings. The van der Waals surface area contributed by atoms with Crippen LogP contribution in [0.4, 0.5) is 4.39 Å². The van der Waals surface area contributed by atoms with Gasteiger partial charge in [0, 0.05) is 17.7 Å². The van der Waals surface area contributed by atoms with Crippen LogP contribution < -0.4 is 0 Å². The van der Waals surface area contributed by atoms with E-state index in [-0.39, 0.29) is 0 Å².